The molecule has 9 heteroatoms. The van der Waals surface area contributed by atoms with Crippen LogP contribution in [-0.4, -0.2) is 40.3 Å². The maximum atomic E-state index is 14.1. The molecule has 0 saturated carbocycles. The molecule has 0 aromatic carbocycles. The number of alkyl halides is 3. The molecule has 25 heavy (non-hydrogen) atoms. The van der Waals surface area contributed by atoms with Gasteiger partial charge in [-0.2, -0.15) is 8.78 Å². The second-order valence-corrected chi connectivity index (χ2v) is 6.27. The summed E-state index contributed by atoms with van der Waals surface area (Å²) in [6, 6.07) is 3.04. The number of rotatable bonds is 4. The van der Waals surface area contributed by atoms with Crippen LogP contribution in [0.3, 0.4) is 0 Å². The Morgan fingerprint density at radius 2 is 2.08 bits per heavy atom. The van der Waals surface area contributed by atoms with Crippen LogP contribution in [0.25, 0.3) is 11.3 Å². The van der Waals surface area contributed by atoms with Crippen LogP contribution in [0.2, 0.25) is 0 Å². The molecule has 134 valence electrons. The normalized spacial score (nSPS) is 20.3. The highest BCUT2D eigenvalue weighted by atomic mass is 19.3. The zero-order valence-electron chi connectivity index (χ0n) is 13.8. The number of nitrogens with two attached hydrogens (primary N) is 1. The SMILES string of the molecule is Cc1cc(-c2cnc(N)c(OC(F)F)c2)nc(N2CC[C@](C)(F)C2)n1. The molecule has 0 radical (unpaired) electrons. The van der Waals surface area contributed by atoms with E-state index in [-0.39, 0.29) is 18.1 Å². The lowest BCUT2D eigenvalue weighted by molar-refractivity contribution is -0.0494. The Hall–Kier alpha value is -2.58. The van der Waals surface area contributed by atoms with E-state index < -0.39 is 12.3 Å². The number of pyridine rings is 1. The summed E-state index contributed by atoms with van der Waals surface area (Å²) in [6.45, 7) is 1.03. The van der Waals surface area contributed by atoms with Gasteiger partial charge in [0, 0.05) is 30.4 Å². The first kappa shape index (κ1) is 17.2. The third-order valence-electron chi connectivity index (χ3n) is 3.94. The van der Waals surface area contributed by atoms with Gasteiger partial charge in [-0.3, -0.25) is 0 Å². The van der Waals surface area contributed by atoms with Crippen molar-refractivity contribution in [3.63, 3.8) is 0 Å². The Morgan fingerprint density at radius 3 is 2.72 bits per heavy atom. The lowest BCUT2D eigenvalue weighted by atomic mass is 10.1. The van der Waals surface area contributed by atoms with Gasteiger partial charge in [0.05, 0.1) is 12.2 Å². The van der Waals surface area contributed by atoms with E-state index in [1.54, 1.807) is 24.8 Å². The molecule has 0 bridgehead atoms. The van der Waals surface area contributed by atoms with Crippen molar-refractivity contribution in [3.8, 4) is 17.0 Å². The van der Waals surface area contributed by atoms with Gasteiger partial charge in [0.25, 0.3) is 0 Å². The van der Waals surface area contributed by atoms with Gasteiger partial charge >= 0.3 is 6.61 Å². The minimum absolute atomic E-state index is 0.136. The fraction of sp³-hybridized carbons (Fsp3) is 0.438. The number of halogens is 3. The summed E-state index contributed by atoms with van der Waals surface area (Å²) in [6.07, 6.45) is 1.82. The maximum absolute atomic E-state index is 14.1. The van der Waals surface area contributed by atoms with Crippen molar-refractivity contribution < 1.29 is 17.9 Å². The van der Waals surface area contributed by atoms with Crippen molar-refractivity contribution in [3.05, 3.63) is 24.0 Å². The Balaban J connectivity index is 1.95. The zero-order valence-corrected chi connectivity index (χ0v) is 13.8. The van der Waals surface area contributed by atoms with Gasteiger partial charge in [0.15, 0.2) is 11.6 Å². The molecule has 1 aliphatic heterocycles. The molecule has 0 unspecified atom stereocenters. The number of aryl methyl sites for hydroxylation is 1. The fourth-order valence-corrected chi connectivity index (χ4v) is 2.72. The highest BCUT2D eigenvalue weighted by molar-refractivity contribution is 5.65. The zero-order chi connectivity index (χ0) is 18.2. The van der Waals surface area contributed by atoms with Crippen molar-refractivity contribution in [2.75, 3.05) is 23.7 Å². The number of anilines is 2. The van der Waals surface area contributed by atoms with Crippen molar-refractivity contribution in [2.45, 2.75) is 32.5 Å². The van der Waals surface area contributed by atoms with Crippen molar-refractivity contribution in [2.24, 2.45) is 0 Å². The first-order valence-electron chi connectivity index (χ1n) is 7.74. The Kier molecular flexibility index (Phi) is 4.40. The third-order valence-corrected chi connectivity index (χ3v) is 3.94. The van der Waals surface area contributed by atoms with Crippen LogP contribution >= 0.6 is 0 Å². The maximum Gasteiger partial charge on any atom is 0.387 e. The van der Waals surface area contributed by atoms with Gasteiger partial charge in [-0.1, -0.05) is 0 Å². The highest BCUT2D eigenvalue weighted by Gasteiger charge is 2.35. The Bertz CT molecular complexity index is 784. The first-order chi connectivity index (χ1) is 11.7. The van der Waals surface area contributed by atoms with Gasteiger partial charge in [-0.05, 0) is 26.0 Å². The minimum atomic E-state index is -3.01. The predicted octanol–water partition coefficient (Wildman–Crippen LogP) is 2.97. The monoisotopic (exact) mass is 353 g/mol. The Morgan fingerprint density at radius 1 is 1.32 bits per heavy atom. The number of hydrogen-bond donors (Lipinski definition) is 1. The van der Waals surface area contributed by atoms with E-state index in [4.69, 9.17) is 5.73 Å². The summed E-state index contributed by atoms with van der Waals surface area (Å²) in [5, 5.41) is 0. The highest BCUT2D eigenvalue weighted by Crippen LogP contribution is 2.31. The fourth-order valence-electron chi connectivity index (χ4n) is 2.72. The quantitative estimate of drug-likeness (QED) is 0.911. The van der Waals surface area contributed by atoms with Crippen LogP contribution < -0.4 is 15.4 Å². The second-order valence-electron chi connectivity index (χ2n) is 6.27. The van der Waals surface area contributed by atoms with E-state index >= 15 is 0 Å². The van der Waals surface area contributed by atoms with E-state index in [2.05, 4.69) is 19.7 Å². The van der Waals surface area contributed by atoms with Crippen LogP contribution in [0.5, 0.6) is 5.75 Å². The van der Waals surface area contributed by atoms with E-state index in [1.165, 1.54) is 12.3 Å². The molecule has 3 heterocycles. The Labute approximate surface area is 142 Å². The molecule has 1 saturated heterocycles. The van der Waals surface area contributed by atoms with Crippen LogP contribution in [0.1, 0.15) is 19.0 Å². The van der Waals surface area contributed by atoms with Crippen molar-refractivity contribution >= 4 is 11.8 Å². The molecule has 0 aliphatic carbocycles. The molecule has 2 N–H and O–H groups in total. The van der Waals surface area contributed by atoms with Crippen LogP contribution in [-0.2, 0) is 0 Å². The molecular weight excluding hydrogens is 335 g/mol. The summed E-state index contributed by atoms with van der Waals surface area (Å²) in [5.41, 5.74) is 5.87. The predicted molar refractivity (Wildman–Crippen MR) is 87.4 cm³/mol. The average molecular weight is 353 g/mol. The van der Waals surface area contributed by atoms with E-state index in [9.17, 15) is 13.2 Å². The summed E-state index contributed by atoms with van der Waals surface area (Å²) in [4.78, 5) is 14.4. The van der Waals surface area contributed by atoms with E-state index in [0.717, 1.165) is 0 Å². The van der Waals surface area contributed by atoms with Gasteiger partial charge in [-0.15, -0.1) is 0 Å². The number of nitrogen functional groups attached to an aromatic ring is 1. The van der Waals surface area contributed by atoms with Gasteiger partial charge in [0.2, 0.25) is 5.95 Å². The van der Waals surface area contributed by atoms with Crippen LogP contribution in [0.4, 0.5) is 24.9 Å². The van der Waals surface area contributed by atoms with Gasteiger partial charge < -0.3 is 15.4 Å². The molecule has 0 spiro atoms. The molecule has 2 aromatic rings. The first-order valence-corrected chi connectivity index (χ1v) is 7.74. The van der Waals surface area contributed by atoms with Crippen molar-refractivity contribution in [1.82, 2.24) is 15.0 Å². The number of ether oxygens (including phenoxy) is 1. The summed E-state index contributed by atoms with van der Waals surface area (Å²) in [5.74, 6) is 0.0372. The number of aromatic nitrogens is 3. The summed E-state index contributed by atoms with van der Waals surface area (Å²) < 4.78 is 43.4. The average Bonchev–Trinajstić information content (AvgIpc) is 2.88. The molecule has 2 aromatic heterocycles. The second kappa shape index (κ2) is 6.38. The van der Waals surface area contributed by atoms with Gasteiger partial charge in [-0.25, -0.2) is 19.3 Å². The molecule has 3 rings (SSSR count). The molecule has 1 atom stereocenters. The van der Waals surface area contributed by atoms with Gasteiger partial charge in [0.1, 0.15) is 5.67 Å². The lowest BCUT2D eigenvalue weighted by Gasteiger charge is -2.18. The number of nitrogens with zero attached hydrogens (tertiary/aromatic N) is 4. The molecule has 1 aliphatic rings. The van der Waals surface area contributed by atoms with E-state index in [1.807, 2.05) is 0 Å². The van der Waals surface area contributed by atoms with Crippen LogP contribution in [0, 0.1) is 6.92 Å². The lowest BCUT2D eigenvalue weighted by Crippen LogP contribution is -2.27. The summed E-state index contributed by atoms with van der Waals surface area (Å²) in [7, 11) is 0. The topological polar surface area (TPSA) is 77.2 Å². The molecule has 0 amide bonds. The minimum Gasteiger partial charge on any atom is -0.431 e. The molecule has 6 nitrogen and oxygen atoms in total. The largest absolute Gasteiger partial charge is 0.431 e. The summed E-state index contributed by atoms with van der Waals surface area (Å²) >= 11 is 0. The molecule has 1 fully saturated rings. The number of hydrogen-bond acceptors (Lipinski definition) is 6. The standard InChI is InChI=1S/C16H18F3N5O/c1-9-5-11(10-6-12(25-14(17)18)13(20)21-7-10)23-15(22-9)24-4-3-16(2,19)8-24/h5-7,14H,3-4,8H2,1-2H3,(H2,20,21)/t16-/m0/s1. The molecular formula is C16H18F3N5O. The van der Waals surface area contributed by atoms with E-state index in [0.29, 0.717) is 35.9 Å². The van der Waals surface area contributed by atoms with Crippen molar-refractivity contribution in [1.29, 1.82) is 0 Å². The smallest absolute Gasteiger partial charge is 0.387 e. The third kappa shape index (κ3) is 3.92. The van der Waals surface area contributed by atoms with Crippen LogP contribution in [0.15, 0.2) is 18.3 Å².